The summed E-state index contributed by atoms with van der Waals surface area (Å²) in [7, 11) is 0. The Morgan fingerprint density at radius 2 is 2.10 bits per heavy atom. The van der Waals surface area contributed by atoms with Gasteiger partial charge in [0, 0.05) is 19.1 Å². The van der Waals surface area contributed by atoms with E-state index in [1.807, 2.05) is 13.8 Å². The molecule has 1 fully saturated rings. The summed E-state index contributed by atoms with van der Waals surface area (Å²) in [5.74, 6) is 1.93. The topological polar surface area (TPSA) is 74.2 Å². The number of ether oxygens (including phenoxy) is 1. The van der Waals surface area contributed by atoms with Crippen LogP contribution in [-0.2, 0) is 11.2 Å². The molecule has 0 amide bonds. The quantitative estimate of drug-likeness (QED) is 0.831. The zero-order chi connectivity index (χ0) is 14.4. The summed E-state index contributed by atoms with van der Waals surface area (Å²) < 4.78 is 11.2. The Morgan fingerprint density at radius 3 is 2.75 bits per heavy atom. The van der Waals surface area contributed by atoms with E-state index in [9.17, 15) is 0 Å². The van der Waals surface area contributed by atoms with Gasteiger partial charge >= 0.3 is 0 Å². The molecule has 5 nitrogen and oxygen atoms in total. The zero-order valence-corrected chi connectivity index (χ0v) is 12.7. The lowest BCUT2D eigenvalue weighted by Crippen LogP contribution is -2.20. The van der Waals surface area contributed by atoms with Gasteiger partial charge in [0.25, 0.3) is 0 Å². The molecule has 20 heavy (non-hydrogen) atoms. The van der Waals surface area contributed by atoms with E-state index in [0.29, 0.717) is 18.4 Å². The van der Waals surface area contributed by atoms with Crippen LogP contribution in [0.15, 0.2) is 4.52 Å². The van der Waals surface area contributed by atoms with E-state index in [2.05, 4.69) is 10.1 Å². The highest BCUT2D eigenvalue weighted by Gasteiger charge is 2.29. The van der Waals surface area contributed by atoms with Gasteiger partial charge in [-0.25, -0.2) is 0 Å². The molecule has 2 atom stereocenters. The number of nitrogens with zero attached hydrogens (tertiary/aromatic N) is 2. The van der Waals surface area contributed by atoms with Gasteiger partial charge in [0.05, 0.1) is 0 Å². The fraction of sp³-hybridized carbons (Fsp3) is 0.867. The first-order valence-electron chi connectivity index (χ1n) is 7.90. The summed E-state index contributed by atoms with van der Waals surface area (Å²) in [6, 6.07) is 0.159. The number of aryl methyl sites for hydroxylation is 1. The number of hydrogen-bond acceptors (Lipinski definition) is 5. The van der Waals surface area contributed by atoms with E-state index in [-0.39, 0.29) is 12.1 Å². The van der Waals surface area contributed by atoms with Crippen molar-refractivity contribution in [2.45, 2.75) is 70.9 Å². The molecule has 0 spiro atoms. The first-order chi connectivity index (χ1) is 9.70. The molecule has 0 saturated heterocycles. The van der Waals surface area contributed by atoms with Crippen LogP contribution in [0.3, 0.4) is 0 Å². The molecule has 114 valence electrons. The first kappa shape index (κ1) is 15.4. The smallest absolute Gasteiger partial charge is 0.226 e. The largest absolute Gasteiger partial charge is 0.370 e. The normalized spacial score (nSPS) is 19.9. The van der Waals surface area contributed by atoms with Crippen LogP contribution in [0.1, 0.15) is 70.2 Å². The van der Waals surface area contributed by atoms with Crippen LogP contribution in [0.2, 0.25) is 0 Å². The summed E-state index contributed by atoms with van der Waals surface area (Å²) in [4.78, 5) is 4.52. The average Bonchev–Trinajstić information content (AvgIpc) is 2.92. The Morgan fingerprint density at radius 1 is 1.35 bits per heavy atom. The van der Waals surface area contributed by atoms with Gasteiger partial charge in [0.2, 0.25) is 11.7 Å². The van der Waals surface area contributed by atoms with Crippen molar-refractivity contribution in [1.82, 2.24) is 10.1 Å². The van der Waals surface area contributed by atoms with Gasteiger partial charge in [0.1, 0.15) is 6.10 Å². The van der Waals surface area contributed by atoms with Gasteiger partial charge in [-0.15, -0.1) is 0 Å². The SMILES string of the molecule is CCOC(c1noc(CCC(C)N)n1)C1CCCCC1. The third kappa shape index (κ3) is 4.28. The molecule has 0 radical (unpaired) electrons. The summed E-state index contributed by atoms with van der Waals surface area (Å²) in [6.07, 6.45) is 7.91. The molecule has 0 aliphatic heterocycles. The molecule has 2 N–H and O–H groups in total. The molecule has 1 heterocycles. The molecule has 1 aliphatic rings. The molecule has 2 unspecified atom stereocenters. The highest BCUT2D eigenvalue weighted by molar-refractivity contribution is 4.95. The van der Waals surface area contributed by atoms with Crippen LogP contribution in [0.5, 0.6) is 0 Å². The molecule has 1 aromatic rings. The minimum absolute atomic E-state index is 0.00639. The minimum Gasteiger partial charge on any atom is -0.370 e. The van der Waals surface area contributed by atoms with Crippen molar-refractivity contribution in [3.8, 4) is 0 Å². The van der Waals surface area contributed by atoms with Crippen molar-refractivity contribution in [1.29, 1.82) is 0 Å². The average molecular weight is 281 g/mol. The molecular weight excluding hydrogens is 254 g/mol. The number of nitrogens with two attached hydrogens (primary N) is 1. The molecule has 0 aromatic carbocycles. The molecule has 2 rings (SSSR count). The maximum absolute atomic E-state index is 5.90. The van der Waals surface area contributed by atoms with Crippen molar-refractivity contribution in [3.63, 3.8) is 0 Å². The minimum atomic E-state index is -0.00639. The third-order valence-electron chi connectivity index (χ3n) is 3.98. The predicted molar refractivity (Wildman–Crippen MR) is 77.2 cm³/mol. The number of hydrogen-bond donors (Lipinski definition) is 1. The molecule has 5 heteroatoms. The van der Waals surface area contributed by atoms with Crippen LogP contribution in [0.25, 0.3) is 0 Å². The lowest BCUT2D eigenvalue weighted by atomic mass is 9.85. The van der Waals surface area contributed by atoms with E-state index < -0.39 is 0 Å². The van der Waals surface area contributed by atoms with Crippen LogP contribution in [0, 0.1) is 5.92 Å². The van der Waals surface area contributed by atoms with Crippen molar-refractivity contribution < 1.29 is 9.26 Å². The fourth-order valence-corrected chi connectivity index (χ4v) is 2.87. The Balaban J connectivity index is 2.00. The highest BCUT2D eigenvalue weighted by atomic mass is 16.5. The molecule has 0 bridgehead atoms. The van der Waals surface area contributed by atoms with E-state index in [4.69, 9.17) is 15.0 Å². The first-order valence-corrected chi connectivity index (χ1v) is 7.90. The molecular formula is C15H27N3O2. The van der Waals surface area contributed by atoms with Gasteiger partial charge in [-0.1, -0.05) is 24.4 Å². The lowest BCUT2D eigenvalue weighted by molar-refractivity contribution is -0.00145. The molecule has 1 saturated carbocycles. The van der Waals surface area contributed by atoms with Gasteiger partial charge in [0.15, 0.2) is 0 Å². The summed E-state index contributed by atoms with van der Waals surface area (Å²) in [5.41, 5.74) is 5.76. The highest BCUT2D eigenvalue weighted by Crippen LogP contribution is 2.35. The van der Waals surface area contributed by atoms with Crippen molar-refractivity contribution in [2.24, 2.45) is 11.7 Å². The second kappa shape index (κ2) is 7.74. The van der Waals surface area contributed by atoms with E-state index in [1.165, 1.54) is 32.1 Å². The second-order valence-electron chi connectivity index (χ2n) is 5.84. The van der Waals surface area contributed by atoms with Gasteiger partial charge in [-0.05, 0) is 39.0 Å². The Hall–Kier alpha value is -0.940. The van der Waals surface area contributed by atoms with Crippen LogP contribution in [-0.4, -0.2) is 22.8 Å². The Kier molecular flexibility index (Phi) is 5.98. The van der Waals surface area contributed by atoms with Crippen molar-refractivity contribution in [3.05, 3.63) is 11.7 Å². The number of aromatic nitrogens is 2. The van der Waals surface area contributed by atoms with Gasteiger partial charge < -0.3 is 15.0 Å². The fourth-order valence-electron chi connectivity index (χ4n) is 2.87. The van der Waals surface area contributed by atoms with Crippen LogP contribution in [0.4, 0.5) is 0 Å². The zero-order valence-electron chi connectivity index (χ0n) is 12.7. The third-order valence-corrected chi connectivity index (χ3v) is 3.98. The Bertz CT molecular complexity index is 386. The van der Waals surface area contributed by atoms with Crippen molar-refractivity contribution >= 4 is 0 Å². The monoisotopic (exact) mass is 281 g/mol. The van der Waals surface area contributed by atoms with E-state index >= 15 is 0 Å². The van der Waals surface area contributed by atoms with Crippen LogP contribution < -0.4 is 5.73 Å². The van der Waals surface area contributed by atoms with Gasteiger partial charge in [-0.3, -0.25) is 0 Å². The second-order valence-corrected chi connectivity index (χ2v) is 5.84. The maximum Gasteiger partial charge on any atom is 0.226 e. The standard InChI is InChI=1S/C15H27N3O2/c1-3-19-14(12-7-5-4-6-8-12)15-17-13(20-18-15)10-9-11(2)16/h11-12,14H,3-10,16H2,1-2H3. The molecule has 1 aliphatic carbocycles. The van der Waals surface area contributed by atoms with E-state index in [0.717, 1.165) is 18.7 Å². The van der Waals surface area contributed by atoms with Gasteiger partial charge in [-0.2, -0.15) is 4.98 Å². The predicted octanol–water partition coefficient (Wildman–Crippen LogP) is 3.01. The van der Waals surface area contributed by atoms with Crippen LogP contribution >= 0.6 is 0 Å². The summed E-state index contributed by atoms with van der Waals surface area (Å²) in [6.45, 7) is 4.69. The summed E-state index contributed by atoms with van der Waals surface area (Å²) >= 11 is 0. The maximum atomic E-state index is 5.90. The lowest BCUT2D eigenvalue weighted by Gasteiger charge is -2.27. The van der Waals surface area contributed by atoms with Crippen molar-refractivity contribution in [2.75, 3.05) is 6.61 Å². The Labute approximate surface area is 121 Å². The summed E-state index contributed by atoms with van der Waals surface area (Å²) in [5, 5.41) is 4.14. The number of rotatable bonds is 7. The molecule has 1 aromatic heterocycles. The van der Waals surface area contributed by atoms with E-state index in [1.54, 1.807) is 0 Å².